The van der Waals surface area contributed by atoms with E-state index in [1.807, 2.05) is 0 Å². The van der Waals surface area contributed by atoms with Crippen LogP contribution in [0.15, 0.2) is 164 Å². The molecule has 0 N–H and O–H groups in total. The Morgan fingerprint density at radius 3 is 1.36 bits per heavy atom. The minimum absolute atomic E-state index is 0.810. The molecule has 0 amide bonds. The van der Waals surface area contributed by atoms with E-state index in [0.29, 0.717) is 0 Å². The molecule has 0 aliphatic heterocycles. The first-order valence-electron chi connectivity index (χ1n) is 14.5. The van der Waals surface area contributed by atoms with Gasteiger partial charge in [0.05, 0.1) is 0 Å². The molecule has 0 atom stereocenters. The smallest absolute Gasteiger partial charge is 0.136 e. The molecule has 0 unspecified atom stereocenters. The van der Waals surface area contributed by atoms with E-state index in [-0.39, 0.29) is 0 Å². The van der Waals surface area contributed by atoms with Crippen molar-refractivity contribution in [1.29, 1.82) is 0 Å². The van der Waals surface area contributed by atoms with Gasteiger partial charge in [-0.2, -0.15) is 0 Å². The zero-order valence-corrected chi connectivity index (χ0v) is 25.6. The summed E-state index contributed by atoms with van der Waals surface area (Å²) in [5.74, 6) is 1.87. The molecular weight excluding hydrogens is 546 g/mol. The number of hydrogen-bond donors (Lipinski definition) is 0. The van der Waals surface area contributed by atoms with Crippen molar-refractivity contribution in [3.05, 3.63) is 169 Å². The van der Waals surface area contributed by atoms with Gasteiger partial charge in [-0.25, -0.2) is 0 Å². The number of benzene rings is 6. The Labute approximate surface area is 252 Å². The van der Waals surface area contributed by atoms with E-state index in [1.54, 1.807) is 0 Å². The van der Waals surface area contributed by atoms with E-state index >= 15 is 0 Å². The monoisotopic (exact) mass is 580 g/mol. The second-order valence-corrected chi connectivity index (χ2v) is 14.4. The molecular formula is C39H34OP2. The lowest BCUT2D eigenvalue weighted by Crippen LogP contribution is -2.25. The first kappa shape index (κ1) is 28.1. The standard InChI is InChI=1S/C39H34OP2/c1-2-18-31-19-17-29-37(39(31)42(34-24-11-5-12-25-34)35-26-13-6-14-27-35)40-36-28-15-16-30-38(36)41(32-20-7-3-8-21-32)33-22-9-4-10-23-33/h3-17,19-30H,2,18H2,1H3. The van der Waals surface area contributed by atoms with Crippen LogP contribution in [0.5, 0.6) is 11.5 Å². The fourth-order valence-corrected chi connectivity index (χ4v) is 10.3. The van der Waals surface area contributed by atoms with Gasteiger partial charge in [0.15, 0.2) is 0 Å². The SMILES string of the molecule is CCCc1cccc(Oc2ccccc2P(c2ccccc2)c2ccccc2)c1P(c1ccccc1)c1ccccc1. The van der Waals surface area contributed by atoms with Crippen LogP contribution in [-0.4, -0.2) is 0 Å². The van der Waals surface area contributed by atoms with E-state index in [4.69, 9.17) is 4.74 Å². The Bertz CT molecular complexity index is 1630. The third-order valence-electron chi connectivity index (χ3n) is 7.21. The second kappa shape index (κ2) is 13.8. The van der Waals surface area contributed by atoms with Gasteiger partial charge in [-0.15, -0.1) is 0 Å². The summed E-state index contributed by atoms with van der Waals surface area (Å²) in [4.78, 5) is 0. The van der Waals surface area contributed by atoms with Crippen LogP contribution in [0, 0.1) is 0 Å². The Hall–Kier alpha value is -4.02. The topological polar surface area (TPSA) is 9.23 Å². The van der Waals surface area contributed by atoms with Crippen LogP contribution in [0.2, 0.25) is 0 Å². The fourth-order valence-electron chi connectivity index (χ4n) is 5.36. The van der Waals surface area contributed by atoms with Crippen LogP contribution in [0.1, 0.15) is 18.9 Å². The molecule has 1 nitrogen and oxygen atoms in total. The summed E-state index contributed by atoms with van der Waals surface area (Å²) in [5.41, 5.74) is 1.36. The number of para-hydroxylation sites is 1. The lowest BCUT2D eigenvalue weighted by molar-refractivity contribution is 0.490. The van der Waals surface area contributed by atoms with Gasteiger partial charge in [-0.3, -0.25) is 0 Å². The normalized spacial score (nSPS) is 11.1. The van der Waals surface area contributed by atoms with E-state index in [2.05, 4.69) is 171 Å². The summed E-state index contributed by atoms with van der Waals surface area (Å²) in [5, 5.41) is 7.81. The largest absolute Gasteiger partial charge is 0.456 e. The van der Waals surface area contributed by atoms with Crippen LogP contribution in [0.4, 0.5) is 0 Å². The van der Waals surface area contributed by atoms with Gasteiger partial charge >= 0.3 is 0 Å². The predicted octanol–water partition coefficient (Wildman–Crippen LogP) is 7.95. The minimum Gasteiger partial charge on any atom is -0.456 e. The highest BCUT2D eigenvalue weighted by molar-refractivity contribution is 7.80. The highest BCUT2D eigenvalue weighted by atomic mass is 31.1. The average Bonchev–Trinajstić information content (AvgIpc) is 3.05. The summed E-state index contributed by atoms with van der Waals surface area (Å²) in [6, 6.07) is 58.8. The molecule has 0 radical (unpaired) electrons. The Kier molecular flexibility index (Phi) is 9.21. The Morgan fingerprint density at radius 2 is 0.857 bits per heavy atom. The molecule has 42 heavy (non-hydrogen) atoms. The zero-order valence-electron chi connectivity index (χ0n) is 23.8. The summed E-state index contributed by atoms with van der Waals surface area (Å²) in [6.07, 6.45) is 2.08. The lowest BCUT2D eigenvalue weighted by atomic mass is 10.1. The van der Waals surface area contributed by atoms with E-state index in [1.165, 1.54) is 37.4 Å². The summed E-state index contributed by atoms with van der Waals surface area (Å²) < 4.78 is 7.11. The molecule has 6 rings (SSSR count). The van der Waals surface area contributed by atoms with Crippen molar-refractivity contribution in [2.45, 2.75) is 19.8 Å². The molecule has 0 heterocycles. The van der Waals surface area contributed by atoms with Gasteiger partial charge < -0.3 is 4.74 Å². The summed E-state index contributed by atoms with van der Waals surface area (Å²) in [7, 11) is -1.64. The van der Waals surface area contributed by atoms with Gasteiger partial charge in [-0.05, 0) is 61.2 Å². The first-order chi connectivity index (χ1) is 20.8. The molecule has 0 bridgehead atoms. The van der Waals surface area contributed by atoms with Crippen molar-refractivity contribution in [1.82, 2.24) is 0 Å². The van der Waals surface area contributed by atoms with Gasteiger partial charge in [0.2, 0.25) is 0 Å². The second-order valence-electron chi connectivity index (χ2n) is 10.1. The molecule has 3 heteroatoms. The molecule has 0 aliphatic rings. The van der Waals surface area contributed by atoms with Crippen molar-refractivity contribution in [2.75, 3.05) is 0 Å². The van der Waals surface area contributed by atoms with Crippen LogP contribution in [0.25, 0.3) is 0 Å². The summed E-state index contributed by atoms with van der Waals surface area (Å²) >= 11 is 0. The van der Waals surface area contributed by atoms with Crippen molar-refractivity contribution < 1.29 is 4.74 Å². The molecule has 206 valence electrons. The van der Waals surface area contributed by atoms with E-state index in [9.17, 15) is 0 Å². The Morgan fingerprint density at radius 1 is 0.429 bits per heavy atom. The summed E-state index contributed by atoms with van der Waals surface area (Å²) in [6.45, 7) is 2.26. The highest BCUT2D eigenvalue weighted by Crippen LogP contribution is 2.42. The number of ether oxygens (including phenoxy) is 1. The van der Waals surface area contributed by atoms with Crippen molar-refractivity contribution >= 4 is 47.7 Å². The molecule has 0 aliphatic carbocycles. The molecule has 0 aromatic heterocycles. The number of hydrogen-bond acceptors (Lipinski definition) is 1. The van der Waals surface area contributed by atoms with Crippen LogP contribution >= 0.6 is 15.8 Å². The molecule has 6 aromatic rings. The van der Waals surface area contributed by atoms with E-state index in [0.717, 1.165) is 24.3 Å². The van der Waals surface area contributed by atoms with Crippen molar-refractivity contribution in [3.8, 4) is 11.5 Å². The maximum atomic E-state index is 7.11. The number of aryl methyl sites for hydroxylation is 1. The van der Waals surface area contributed by atoms with Gasteiger partial charge in [0.1, 0.15) is 11.5 Å². The zero-order chi connectivity index (χ0) is 28.6. The predicted molar refractivity (Wildman–Crippen MR) is 184 cm³/mol. The molecule has 0 saturated carbocycles. The van der Waals surface area contributed by atoms with Gasteiger partial charge in [0, 0.05) is 10.6 Å². The quantitative estimate of drug-likeness (QED) is 0.150. The molecule has 0 fully saturated rings. The van der Waals surface area contributed by atoms with Crippen LogP contribution in [-0.2, 0) is 6.42 Å². The van der Waals surface area contributed by atoms with Crippen LogP contribution < -0.4 is 36.6 Å². The third-order valence-corrected chi connectivity index (χ3v) is 12.3. The first-order valence-corrected chi connectivity index (χ1v) is 17.2. The number of rotatable bonds is 10. The third kappa shape index (κ3) is 6.24. The highest BCUT2D eigenvalue weighted by Gasteiger charge is 2.26. The fraction of sp³-hybridized carbons (Fsp3) is 0.0769. The van der Waals surface area contributed by atoms with Gasteiger partial charge in [0.25, 0.3) is 0 Å². The lowest BCUT2D eigenvalue weighted by Gasteiger charge is -2.26. The maximum Gasteiger partial charge on any atom is 0.136 e. The van der Waals surface area contributed by atoms with Crippen LogP contribution in [0.3, 0.4) is 0 Å². The minimum atomic E-state index is -0.828. The molecule has 0 spiro atoms. The van der Waals surface area contributed by atoms with Gasteiger partial charge in [-0.1, -0.05) is 165 Å². The molecule has 0 saturated heterocycles. The van der Waals surface area contributed by atoms with E-state index < -0.39 is 15.8 Å². The average molecular weight is 581 g/mol. The van der Waals surface area contributed by atoms with Crippen molar-refractivity contribution in [2.24, 2.45) is 0 Å². The van der Waals surface area contributed by atoms with Crippen molar-refractivity contribution in [3.63, 3.8) is 0 Å². The molecule has 6 aromatic carbocycles. The maximum absolute atomic E-state index is 7.11. The Balaban J connectivity index is 1.52.